The molecule has 0 radical (unpaired) electrons. The van der Waals surface area contributed by atoms with Gasteiger partial charge in [-0.2, -0.15) is 0 Å². The Balaban J connectivity index is 1.71. The first kappa shape index (κ1) is 14.7. The van der Waals surface area contributed by atoms with Crippen molar-refractivity contribution in [3.05, 3.63) is 34.4 Å². The van der Waals surface area contributed by atoms with Gasteiger partial charge in [0.1, 0.15) is 12.4 Å². The summed E-state index contributed by atoms with van der Waals surface area (Å²) in [7, 11) is 0. The minimum absolute atomic E-state index is 0.0743. The van der Waals surface area contributed by atoms with Gasteiger partial charge in [-0.15, -0.1) is 0 Å². The van der Waals surface area contributed by atoms with Crippen molar-refractivity contribution < 1.29 is 14.4 Å². The molecule has 0 unspecified atom stereocenters. The van der Waals surface area contributed by atoms with Gasteiger partial charge < -0.3 is 14.8 Å². The first-order valence-corrected chi connectivity index (χ1v) is 6.79. The summed E-state index contributed by atoms with van der Waals surface area (Å²) in [4.78, 5) is 10.1. The Hall–Kier alpha value is -1.66. The van der Waals surface area contributed by atoms with E-state index in [1.165, 1.54) is 12.1 Å². The summed E-state index contributed by atoms with van der Waals surface area (Å²) in [5.74, 6) is 0.648. The molecule has 1 aromatic rings. The van der Waals surface area contributed by atoms with Crippen LogP contribution in [0, 0.1) is 10.1 Å². The lowest BCUT2D eigenvalue weighted by Gasteiger charge is -2.34. The number of rotatable bonds is 6. The molecule has 0 bridgehead atoms. The molecule has 0 aromatic heterocycles. The Bertz CT molecular complexity index is 441. The summed E-state index contributed by atoms with van der Waals surface area (Å²) < 4.78 is 10.9. The Morgan fingerprint density at radius 1 is 1.35 bits per heavy atom. The predicted molar refractivity (Wildman–Crippen MR) is 75.1 cm³/mol. The van der Waals surface area contributed by atoms with Crippen molar-refractivity contribution >= 4 is 5.69 Å². The van der Waals surface area contributed by atoms with Crippen molar-refractivity contribution in [1.29, 1.82) is 0 Å². The molecule has 1 aliphatic heterocycles. The minimum atomic E-state index is -0.419. The SMILES string of the molecule is CC1(NCCOc2ccc([N+](=O)[O-])cc2)CCOCC1. The van der Waals surface area contributed by atoms with Crippen LogP contribution in [-0.4, -0.2) is 36.8 Å². The predicted octanol–water partition coefficient (Wildman–Crippen LogP) is 2.13. The third-order valence-corrected chi connectivity index (χ3v) is 3.57. The van der Waals surface area contributed by atoms with E-state index in [2.05, 4.69) is 12.2 Å². The van der Waals surface area contributed by atoms with Crippen LogP contribution in [0.15, 0.2) is 24.3 Å². The molecule has 0 aliphatic carbocycles. The van der Waals surface area contributed by atoms with E-state index in [1.807, 2.05) is 0 Å². The molecule has 0 saturated carbocycles. The van der Waals surface area contributed by atoms with Crippen molar-refractivity contribution in [3.8, 4) is 5.75 Å². The summed E-state index contributed by atoms with van der Waals surface area (Å²) in [5.41, 5.74) is 0.196. The monoisotopic (exact) mass is 280 g/mol. The minimum Gasteiger partial charge on any atom is -0.492 e. The number of nitro benzene ring substituents is 1. The number of hydrogen-bond acceptors (Lipinski definition) is 5. The second-order valence-corrected chi connectivity index (χ2v) is 5.20. The highest BCUT2D eigenvalue weighted by molar-refractivity contribution is 5.35. The van der Waals surface area contributed by atoms with Gasteiger partial charge in [0.05, 0.1) is 4.92 Å². The molecule has 110 valence electrons. The molecule has 0 atom stereocenters. The summed E-state index contributed by atoms with van der Waals surface area (Å²) in [6, 6.07) is 6.13. The third kappa shape index (κ3) is 4.18. The molecule has 6 heteroatoms. The van der Waals surface area contributed by atoms with Crippen molar-refractivity contribution in [2.75, 3.05) is 26.4 Å². The molecule has 0 amide bonds. The van der Waals surface area contributed by atoms with Crippen molar-refractivity contribution in [2.45, 2.75) is 25.3 Å². The van der Waals surface area contributed by atoms with Gasteiger partial charge in [-0.3, -0.25) is 10.1 Å². The molecular formula is C14H20N2O4. The van der Waals surface area contributed by atoms with Gasteiger partial charge >= 0.3 is 0 Å². The van der Waals surface area contributed by atoms with E-state index in [0.29, 0.717) is 12.4 Å². The molecule has 1 aromatic carbocycles. The van der Waals surface area contributed by atoms with Crippen LogP contribution in [0.1, 0.15) is 19.8 Å². The second kappa shape index (κ2) is 6.67. The second-order valence-electron chi connectivity index (χ2n) is 5.20. The number of benzene rings is 1. The molecule has 2 rings (SSSR count). The van der Waals surface area contributed by atoms with Gasteiger partial charge in [-0.25, -0.2) is 0 Å². The average molecular weight is 280 g/mol. The number of hydrogen-bond donors (Lipinski definition) is 1. The highest BCUT2D eigenvalue weighted by atomic mass is 16.6. The molecular weight excluding hydrogens is 260 g/mol. The van der Waals surface area contributed by atoms with Crippen molar-refractivity contribution in [1.82, 2.24) is 5.32 Å². The fourth-order valence-electron chi connectivity index (χ4n) is 2.18. The smallest absolute Gasteiger partial charge is 0.269 e. The molecule has 1 saturated heterocycles. The van der Waals surface area contributed by atoms with Gasteiger partial charge in [0.2, 0.25) is 0 Å². The van der Waals surface area contributed by atoms with Crippen LogP contribution in [0.25, 0.3) is 0 Å². The Labute approximate surface area is 118 Å². The Kier molecular flexibility index (Phi) is 4.92. The van der Waals surface area contributed by atoms with Gasteiger partial charge in [-0.05, 0) is 31.9 Å². The van der Waals surface area contributed by atoms with Crippen LogP contribution < -0.4 is 10.1 Å². The van der Waals surface area contributed by atoms with Crippen molar-refractivity contribution in [3.63, 3.8) is 0 Å². The maximum Gasteiger partial charge on any atom is 0.269 e. The normalized spacial score (nSPS) is 17.6. The van der Waals surface area contributed by atoms with Crippen LogP contribution in [0.3, 0.4) is 0 Å². The first-order chi connectivity index (χ1) is 9.59. The summed E-state index contributed by atoms with van der Waals surface area (Å²) in [6.07, 6.45) is 2.01. The maximum absolute atomic E-state index is 10.5. The van der Waals surface area contributed by atoms with E-state index in [9.17, 15) is 10.1 Å². The number of nitro groups is 1. The van der Waals surface area contributed by atoms with E-state index in [4.69, 9.17) is 9.47 Å². The highest BCUT2D eigenvalue weighted by Gasteiger charge is 2.26. The van der Waals surface area contributed by atoms with Crippen LogP contribution in [-0.2, 0) is 4.74 Å². The number of nitrogens with one attached hydrogen (secondary N) is 1. The first-order valence-electron chi connectivity index (χ1n) is 6.79. The molecule has 0 spiro atoms. The summed E-state index contributed by atoms with van der Waals surface area (Å²) in [5, 5.41) is 14.0. The van der Waals surface area contributed by atoms with Gasteiger partial charge in [-0.1, -0.05) is 0 Å². The number of non-ortho nitro benzene ring substituents is 1. The van der Waals surface area contributed by atoms with Gasteiger partial charge in [0.25, 0.3) is 5.69 Å². The fourth-order valence-corrected chi connectivity index (χ4v) is 2.18. The number of nitrogens with zero attached hydrogens (tertiary/aromatic N) is 1. The Morgan fingerprint density at radius 2 is 2.00 bits per heavy atom. The zero-order valence-electron chi connectivity index (χ0n) is 11.6. The molecule has 6 nitrogen and oxygen atoms in total. The molecule has 20 heavy (non-hydrogen) atoms. The molecule has 1 fully saturated rings. The van der Waals surface area contributed by atoms with Crippen LogP contribution >= 0.6 is 0 Å². The standard InChI is InChI=1S/C14H20N2O4/c1-14(6-9-19-10-7-14)15-8-11-20-13-4-2-12(3-5-13)16(17)18/h2-5,15H,6-11H2,1H3. The van der Waals surface area contributed by atoms with E-state index in [-0.39, 0.29) is 11.2 Å². The third-order valence-electron chi connectivity index (χ3n) is 3.57. The zero-order valence-corrected chi connectivity index (χ0v) is 11.6. The summed E-state index contributed by atoms with van der Waals surface area (Å²) in [6.45, 7) is 5.07. The topological polar surface area (TPSA) is 73.6 Å². The van der Waals surface area contributed by atoms with E-state index in [1.54, 1.807) is 12.1 Å². The molecule has 1 N–H and O–H groups in total. The van der Waals surface area contributed by atoms with E-state index in [0.717, 1.165) is 32.6 Å². The quantitative estimate of drug-likeness (QED) is 0.491. The lowest BCUT2D eigenvalue weighted by atomic mass is 9.93. The average Bonchev–Trinajstić information content (AvgIpc) is 2.45. The maximum atomic E-state index is 10.5. The van der Waals surface area contributed by atoms with Crippen LogP contribution in [0.4, 0.5) is 5.69 Å². The number of ether oxygens (including phenoxy) is 2. The van der Waals surface area contributed by atoms with Gasteiger partial charge in [0, 0.05) is 37.4 Å². The molecule has 1 heterocycles. The largest absolute Gasteiger partial charge is 0.492 e. The van der Waals surface area contributed by atoms with Crippen LogP contribution in [0.5, 0.6) is 5.75 Å². The van der Waals surface area contributed by atoms with E-state index >= 15 is 0 Å². The Morgan fingerprint density at radius 3 is 2.60 bits per heavy atom. The molecule has 1 aliphatic rings. The lowest BCUT2D eigenvalue weighted by Crippen LogP contribution is -2.48. The summed E-state index contributed by atoms with van der Waals surface area (Å²) >= 11 is 0. The fraction of sp³-hybridized carbons (Fsp3) is 0.571. The van der Waals surface area contributed by atoms with Gasteiger partial charge in [0.15, 0.2) is 0 Å². The highest BCUT2D eigenvalue weighted by Crippen LogP contribution is 2.20. The van der Waals surface area contributed by atoms with E-state index < -0.39 is 4.92 Å². The lowest BCUT2D eigenvalue weighted by molar-refractivity contribution is -0.384. The van der Waals surface area contributed by atoms with Crippen LogP contribution in [0.2, 0.25) is 0 Å². The zero-order chi connectivity index (χ0) is 14.4. The van der Waals surface area contributed by atoms with Crippen molar-refractivity contribution in [2.24, 2.45) is 0 Å².